The summed E-state index contributed by atoms with van der Waals surface area (Å²) in [6.45, 7) is 10.3. The molecule has 0 unspecified atom stereocenters. The number of rotatable bonds is 22. The van der Waals surface area contributed by atoms with Crippen molar-refractivity contribution < 1.29 is 9.47 Å². The Balaban J connectivity index is 1.36. The highest BCUT2D eigenvalue weighted by Crippen LogP contribution is 2.40. The summed E-state index contributed by atoms with van der Waals surface area (Å²) >= 11 is 0. The molecule has 0 fully saturated rings. The smallest absolute Gasteiger partial charge is 0.119 e. The van der Waals surface area contributed by atoms with E-state index in [-0.39, 0.29) is 0 Å². The van der Waals surface area contributed by atoms with Gasteiger partial charge in [0.05, 0.1) is 13.2 Å². The van der Waals surface area contributed by atoms with E-state index in [4.69, 9.17) is 9.47 Å². The minimum Gasteiger partial charge on any atom is -0.494 e. The van der Waals surface area contributed by atoms with Crippen molar-refractivity contribution >= 4 is 34.1 Å². The molecule has 274 valence electrons. The van der Waals surface area contributed by atoms with Gasteiger partial charge in [0.25, 0.3) is 0 Å². The summed E-state index contributed by atoms with van der Waals surface area (Å²) in [5.74, 6) is 1.83. The van der Waals surface area contributed by atoms with E-state index in [0.717, 1.165) is 71.7 Å². The van der Waals surface area contributed by atoms with Gasteiger partial charge in [0.15, 0.2) is 0 Å². The molecule has 0 saturated carbocycles. The summed E-state index contributed by atoms with van der Waals surface area (Å²) in [5, 5.41) is 0. The topological polar surface area (TPSA) is 24.9 Å². The average Bonchev–Trinajstić information content (AvgIpc) is 3.17. The number of hydrogen-bond donors (Lipinski definition) is 0. The van der Waals surface area contributed by atoms with Gasteiger partial charge in [-0.15, -0.1) is 0 Å². The van der Waals surface area contributed by atoms with Crippen LogP contribution < -0.4 is 19.3 Å². The fourth-order valence-corrected chi connectivity index (χ4v) is 6.56. The number of aryl methyl sites for hydroxylation is 2. The maximum Gasteiger partial charge on any atom is 0.119 e. The Bertz CT molecular complexity index is 1590. The lowest BCUT2D eigenvalue weighted by molar-refractivity contribution is 0.304. The van der Waals surface area contributed by atoms with Gasteiger partial charge in [-0.3, -0.25) is 0 Å². The van der Waals surface area contributed by atoms with Gasteiger partial charge in [0.1, 0.15) is 11.5 Å². The predicted molar refractivity (Wildman–Crippen MR) is 223 cm³/mol. The van der Waals surface area contributed by atoms with Crippen molar-refractivity contribution in [1.29, 1.82) is 0 Å². The summed E-state index contributed by atoms with van der Waals surface area (Å²) in [7, 11) is 0. The van der Waals surface area contributed by atoms with Gasteiger partial charge in [-0.25, -0.2) is 0 Å². The molecule has 0 aliphatic carbocycles. The zero-order valence-corrected chi connectivity index (χ0v) is 32.2. The van der Waals surface area contributed by atoms with Crippen LogP contribution in [-0.2, 0) is 0 Å². The molecule has 5 aromatic carbocycles. The predicted octanol–water partition coefficient (Wildman–Crippen LogP) is 14.7. The normalized spacial score (nSPS) is 11.0. The minimum absolute atomic E-state index is 0.759. The Morgan fingerprint density at radius 3 is 0.885 bits per heavy atom. The van der Waals surface area contributed by atoms with Crippen molar-refractivity contribution in [2.24, 2.45) is 0 Å². The fourth-order valence-electron chi connectivity index (χ4n) is 6.56. The zero-order chi connectivity index (χ0) is 36.4. The second-order valence-electron chi connectivity index (χ2n) is 14.1. The SMILES string of the molecule is CCCCCCCCOc1ccc(N(c2ccc(OCCCCCCCC)cc2)c2ccc(N(c3ccc(C)cc3)c3ccc(C)cc3)cc2)cc1. The molecule has 0 radical (unpaired) electrons. The Morgan fingerprint density at radius 2 is 0.577 bits per heavy atom. The van der Waals surface area contributed by atoms with E-state index in [1.807, 2.05) is 0 Å². The van der Waals surface area contributed by atoms with Crippen LogP contribution >= 0.6 is 0 Å². The number of benzene rings is 5. The first kappa shape index (κ1) is 38.5. The molecule has 5 aromatic rings. The highest BCUT2D eigenvalue weighted by atomic mass is 16.5. The molecule has 0 bridgehead atoms. The molecule has 0 aromatic heterocycles. The Kier molecular flexibility index (Phi) is 15.5. The molecule has 52 heavy (non-hydrogen) atoms. The van der Waals surface area contributed by atoms with Gasteiger partial charge < -0.3 is 19.3 Å². The Morgan fingerprint density at radius 1 is 0.327 bits per heavy atom. The molecule has 5 rings (SSSR count). The van der Waals surface area contributed by atoms with E-state index >= 15 is 0 Å². The molecule has 0 aliphatic heterocycles. The highest BCUT2D eigenvalue weighted by Gasteiger charge is 2.16. The van der Waals surface area contributed by atoms with Crippen molar-refractivity contribution in [2.75, 3.05) is 23.0 Å². The molecule has 0 heterocycles. The number of hydrogen-bond acceptors (Lipinski definition) is 4. The zero-order valence-electron chi connectivity index (χ0n) is 32.2. The fraction of sp³-hybridized carbons (Fsp3) is 0.375. The van der Waals surface area contributed by atoms with E-state index in [1.165, 1.54) is 75.3 Å². The third-order valence-electron chi connectivity index (χ3n) is 9.67. The summed E-state index contributed by atoms with van der Waals surface area (Å²) in [4.78, 5) is 4.62. The average molecular weight is 697 g/mol. The van der Waals surface area contributed by atoms with Crippen molar-refractivity contribution in [3.63, 3.8) is 0 Å². The van der Waals surface area contributed by atoms with Crippen LogP contribution in [0.1, 0.15) is 102 Å². The van der Waals surface area contributed by atoms with Crippen molar-refractivity contribution in [3.05, 3.63) is 132 Å². The second-order valence-corrected chi connectivity index (χ2v) is 14.1. The van der Waals surface area contributed by atoms with Gasteiger partial charge in [0, 0.05) is 34.1 Å². The molecular weight excluding hydrogens is 637 g/mol. The number of unbranched alkanes of at least 4 members (excludes halogenated alkanes) is 10. The van der Waals surface area contributed by atoms with Gasteiger partial charge in [-0.05, 0) is 124 Å². The first-order valence-corrected chi connectivity index (χ1v) is 19.8. The summed E-state index contributed by atoms with van der Waals surface area (Å²) in [5.41, 5.74) is 9.10. The first-order valence-electron chi connectivity index (χ1n) is 19.8. The molecule has 0 atom stereocenters. The quantitative estimate of drug-likeness (QED) is 0.0673. The molecule has 4 heteroatoms. The molecule has 0 amide bonds. The molecule has 0 N–H and O–H groups in total. The van der Waals surface area contributed by atoms with Crippen LogP contribution in [0, 0.1) is 13.8 Å². The number of nitrogens with zero attached hydrogens (tertiary/aromatic N) is 2. The molecule has 0 saturated heterocycles. The first-order chi connectivity index (χ1) is 25.6. The second kappa shape index (κ2) is 21.0. The van der Waals surface area contributed by atoms with Crippen LogP contribution in [0.3, 0.4) is 0 Å². The van der Waals surface area contributed by atoms with E-state index in [9.17, 15) is 0 Å². The largest absolute Gasteiger partial charge is 0.494 e. The molecule has 4 nitrogen and oxygen atoms in total. The minimum atomic E-state index is 0.759. The third kappa shape index (κ3) is 11.7. The summed E-state index contributed by atoms with van der Waals surface area (Å²) in [6.07, 6.45) is 15.1. The molecular formula is C48H60N2O2. The Labute approximate surface area is 314 Å². The third-order valence-corrected chi connectivity index (χ3v) is 9.67. The standard InChI is InChI=1S/C48H60N2O2/c1-5-7-9-11-13-15-37-51-47-33-29-45(30-34-47)50(46-31-35-48(36-32-46)52-38-16-14-12-10-8-6-2)44-27-25-43(26-28-44)49(41-21-17-39(3)18-22-41)42-23-19-40(4)20-24-42/h17-36H,5-16,37-38H2,1-4H3. The van der Waals surface area contributed by atoms with Gasteiger partial charge >= 0.3 is 0 Å². The molecule has 0 spiro atoms. The van der Waals surface area contributed by atoms with Gasteiger partial charge in [-0.2, -0.15) is 0 Å². The maximum absolute atomic E-state index is 6.15. The van der Waals surface area contributed by atoms with Crippen LogP contribution in [0.25, 0.3) is 0 Å². The summed E-state index contributed by atoms with van der Waals surface area (Å²) in [6, 6.07) is 43.4. The van der Waals surface area contributed by atoms with Crippen LogP contribution in [0.15, 0.2) is 121 Å². The Hall–Kier alpha value is -4.70. The van der Waals surface area contributed by atoms with Crippen LogP contribution in [-0.4, -0.2) is 13.2 Å². The summed E-state index contributed by atoms with van der Waals surface area (Å²) < 4.78 is 12.3. The van der Waals surface area contributed by atoms with Gasteiger partial charge in [0.2, 0.25) is 0 Å². The molecule has 0 aliphatic rings. The van der Waals surface area contributed by atoms with E-state index < -0.39 is 0 Å². The van der Waals surface area contributed by atoms with Crippen LogP contribution in [0.2, 0.25) is 0 Å². The van der Waals surface area contributed by atoms with Crippen LogP contribution in [0.5, 0.6) is 11.5 Å². The lowest BCUT2D eigenvalue weighted by atomic mass is 10.1. The van der Waals surface area contributed by atoms with E-state index in [2.05, 4.69) is 159 Å². The number of ether oxygens (including phenoxy) is 2. The monoisotopic (exact) mass is 696 g/mol. The van der Waals surface area contributed by atoms with E-state index in [1.54, 1.807) is 0 Å². The highest BCUT2D eigenvalue weighted by molar-refractivity contribution is 5.81. The maximum atomic E-state index is 6.15. The van der Waals surface area contributed by atoms with Crippen molar-refractivity contribution in [1.82, 2.24) is 0 Å². The van der Waals surface area contributed by atoms with Crippen molar-refractivity contribution in [3.8, 4) is 11.5 Å². The van der Waals surface area contributed by atoms with Gasteiger partial charge in [-0.1, -0.05) is 113 Å². The lowest BCUT2D eigenvalue weighted by Gasteiger charge is -2.28. The van der Waals surface area contributed by atoms with Crippen molar-refractivity contribution in [2.45, 2.75) is 105 Å². The van der Waals surface area contributed by atoms with Crippen LogP contribution in [0.4, 0.5) is 34.1 Å². The van der Waals surface area contributed by atoms with E-state index in [0.29, 0.717) is 0 Å². The lowest BCUT2D eigenvalue weighted by Crippen LogP contribution is -2.12. The number of anilines is 6.